The van der Waals surface area contributed by atoms with Crippen LogP contribution in [0.5, 0.6) is 0 Å². The van der Waals surface area contributed by atoms with Gasteiger partial charge in [-0.2, -0.15) is 0 Å². The van der Waals surface area contributed by atoms with E-state index < -0.39 is 0 Å². The van der Waals surface area contributed by atoms with Crippen LogP contribution in [0, 0.1) is 11.7 Å². The first-order valence-electron chi connectivity index (χ1n) is 6.83. The number of pyridine rings is 1. The third kappa shape index (κ3) is 1.99. The monoisotopic (exact) mass is 261 g/mol. The molecule has 2 aromatic heterocycles. The Morgan fingerprint density at radius 3 is 2.72 bits per heavy atom. The normalized spacial score (nSPS) is 18.1. The van der Waals surface area contributed by atoms with Gasteiger partial charge >= 0.3 is 0 Å². The standard InChI is InChI=1S/C14H19N3S/c1-10-8-9-15-13-12(10)16-14(18)17(13)11-6-4-2-3-5-7-11/h8-9,11H,2-7H2,1H3,(H,16,18). The number of aromatic amines is 1. The molecule has 0 aliphatic heterocycles. The number of hydrogen-bond donors (Lipinski definition) is 1. The molecule has 2 heterocycles. The van der Waals surface area contributed by atoms with Crippen LogP contribution < -0.4 is 0 Å². The fourth-order valence-electron chi connectivity index (χ4n) is 3.00. The van der Waals surface area contributed by atoms with Crippen LogP contribution >= 0.6 is 12.2 Å². The van der Waals surface area contributed by atoms with Crippen molar-refractivity contribution in [2.24, 2.45) is 0 Å². The summed E-state index contributed by atoms with van der Waals surface area (Å²) in [7, 11) is 0. The van der Waals surface area contributed by atoms with E-state index in [2.05, 4.69) is 21.5 Å². The van der Waals surface area contributed by atoms with Crippen molar-refractivity contribution in [1.29, 1.82) is 0 Å². The molecular formula is C14H19N3S. The van der Waals surface area contributed by atoms with Crippen molar-refractivity contribution >= 4 is 23.4 Å². The first-order valence-corrected chi connectivity index (χ1v) is 7.24. The van der Waals surface area contributed by atoms with Gasteiger partial charge in [0.1, 0.15) is 0 Å². The number of fused-ring (bicyclic) bond motifs is 1. The van der Waals surface area contributed by atoms with Gasteiger partial charge in [0.2, 0.25) is 0 Å². The van der Waals surface area contributed by atoms with Crippen LogP contribution in [-0.4, -0.2) is 14.5 Å². The summed E-state index contributed by atoms with van der Waals surface area (Å²) in [6, 6.07) is 2.56. The maximum atomic E-state index is 5.51. The molecule has 1 aliphatic rings. The van der Waals surface area contributed by atoms with E-state index in [0.29, 0.717) is 6.04 Å². The van der Waals surface area contributed by atoms with Gasteiger partial charge in [-0.15, -0.1) is 0 Å². The average Bonchev–Trinajstić information content (AvgIpc) is 2.54. The van der Waals surface area contributed by atoms with E-state index in [1.54, 1.807) is 0 Å². The topological polar surface area (TPSA) is 33.6 Å². The Morgan fingerprint density at radius 2 is 2.00 bits per heavy atom. The second kappa shape index (κ2) is 4.84. The van der Waals surface area contributed by atoms with Crippen molar-refractivity contribution in [3.05, 3.63) is 22.6 Å². The zero-order valence-electron chi connectivity index (χ0n) is 10.8. The van der Waals surface area contributed by atoms with Crippen LogP contribution in [0.4, 0.5) is 0 Å². The Labute approximate surface area is 112 Å². The van der Waals surface area contributed by atoms with Gasteiger partial charge in [-0.3, -0.25) is 4.57 Å². The molecule has 0 bridgehead atoms. The summed E-state index contributed by atoms with van der Waals surface area (Å²) in [5.41, 5.74) is 3.36. The number of imidazole rings is 1. The summed E-state index contributed by atoms with van der Waals surface area (Å²) in [5.74, 6) is 0. The summed E-state index contributed by atoms with van der Waals surface area (Å²) in [6.45, 7) is 2.10. The molecule has 96 valence electrons. The second-order valence-corrected chi connectivity index (χ2v) is 5.66. The van der Waals surface area contributed by atoms with Gasteiger partial charge in [0.05, 0.1) is 5.52 Å². The zero-order chi connectivity index (χ0) is 12.5. The van der Waals surface area contributed by atoms with Gasteiger partial charge < -0.3 is 4.98 Å². The Hall–Kier alpha value is -1.16. The molecule has 1 N–H and O–H groups in total. The van der Waals surface area contributed by atoms with Crippen LogP contribution in [0.15, 0.2) is 12.3 Å². The predicted molar refractivity (Wildman–Crippen MR) is 76.4 cm³/mol. The first-order chi connectivity index (χ1) is 8.77. The molecule has 0 aromatic carbocycles. The van der Waals surface area contributed by atoms with Crippen LogP contribution in [0.1, 0.15) is 50.1 Å². The lowest BCUT2D eigenvalue weighted by Crippen LogP contribution is -2.08. The van der Waals surface area contributed by atoms with Crippen LogP contribution in [0.3, 0.4) is 0 Å². The molecule has 1 aliphatic carbocycles. The summed E-state index contributed by atoms with van der Waals surface area (Å²) >= 11 is 5.51. The average molecular weight is 261 g/mol. The largest absolute Gasteiger partial charge is 0.329 e. The molecule has 0 saturated heterocycles. The number of H-pyrrole nitrogens is 1. The van der Waals surface area contributed by atoms with Crippen molar-refractivity contribution in [1.82, 2.24) is 14.5 Å². The highest BCUT2D eigenvalue weighted by molar-refractivity contribution is 7.71. The van der Waals surface area contributed by atoms with Crippen LogP contribution in [0.2, 0.25) is 0 Å². The van der Waals surface area contributed by atoms with E-state index in [0.717, 1.165) is 15.9 Å². The van der Waals surface area contributed by atoms with Gasteiger partial charge in [0.15, 0.2) is 10.4 Å². The molecule has 0 unspecified atom stereocenters. The van der Waals surface area contributed by atoms with Crippen LogP contribution in [0.25, 0.3) is 11.2 Å². The lowest BCUT2D eigenvalue weighted by atomic mass is 10.1. The molecule has 0 atom stereocenters. The summed E-state index contributed by atoms with van der Waals surface area (Å²) in [5, 5.41) is 0. The number of aromatic nitrogens is 3. The van der Waals surface area contributed by atoms with Crippen molar-refractivity contribution < 1.29 is 0 Å². The maximum Gasteiger partial charge on any atom is 0.179 e. The third-order valence-corrected chi connectivity index (χ3v) is 4.31. The number of rotatable bonds is 1. The molecule has 4 heteroatoms. The smallest absolute Gasteiger partial charge is 0.179 e. The highest BCUT2D eigenvalue weighted by Crippen LogP contribution is 2.30. The summed E-state index contributed by atoms with van der Waals surface area (Å²) in [6.07, 6.45) is 9.69. The van der Waals surface area contributed by atoms with Gasteiger partial charge in [-0.1, -0.05) is 25.7 Å². The molecule has 2 aromatic rings. The lowest BCUT2D eigenvalue weighted by Gasteiger charge is -2.16. The van der Waals surface area contributed by atoms with Crippen LogP contribution in [-0.2, 0) is 0 Å². The van der Waals surface area contributed by atoms with E-state index in [9.17, 15) is 0 Å². The number of hydrogen-bond acceptors (Lipinski definition) is 2. The van der Waals surface area contributed by atoms with E-state index in [4.69, 9.17) is 12.2 Å². The zero-order valence-corrected chi connectivity index (χ0v) is 11.6. The van der Waals surface area contributed by atoms with Gasteiger partial charge in [-0.25, -0.2) is 4.98 Å². The number of nitrogens with zero attached hydrogens (tertiary/aromatic N) is 2. The Bertz CT molecular complexity index is 603. The third-order valence-electron chi connectivity index (χ3n) is 4.01. The fourth-order valence-corrected chi connectivity index (χ4v) is 3.34. The molecule has 1 saturated carbocycles. The minimum Gasteiger partial charge on any atom is -0.329 e. The molecule has 0 amide bonds. The van der Waals surface area contributed by atoms with E-state index in [1.165, 1.54) is 44.1 Å². The van der Waals surface area contributed by atoms with Crippen molar-refractivity contribution in [2.45, 2.75) is 51.5 Å². The molecule has 3 rings (SSSR count). The molecule has 1 fully saturated rings. The van der Waals surface area contributed by atoms with E-state index in [1.807, 2.05) is 12.3 Å². The van der Waals surface area contributed by atoms with Crippen molar-refractivity contribution in [2.75, 3.05) is 0 Å². The van der Waals surface area contributed by atoms with Gasteiger partial charge in [0, 0.05) is 12.2 Å². The fraction of sp³-hybridized carbons (Fsp3) is 0.571. The predicted octanol–water partition coefficient (Wildman–Crippen LogP) is 4.30. The highest BCUT2D eigenvalue weighted by atomic mass is 32.1. The number of nitrogens with one attached hydrogen (secondary N) is 1. The maximum absolute atomic E-state index is 5.51. The summed E-state index contributed by atoms with van der Waals surface area (Å²) in [4.78, 5) is 7.86. The Kier molecular flexibility index (Phi) is 3.20. The Balaban J connectivity index is 2.13. The highest BCUT2D eigenvalue weighted by Gasteiger charge is 2.18. The lowest BCUT2D eigenvalue weighted by molar-refractivity contribution is 0.448. The van der Waals surface area contributed by atoms with Crippen molar-refractivity contribution in [3.63, 3.8) is 0 Å². The van der Waals surface area contributed by atoms with Gasteiger partial charge in [0.25, 0.3) is 0 Å². The first kappa shape index (κ1) is 11.9. The minimum atomic E-state index is 0.531. The van der Waals surface area contributed by atoms with Gasteiger partial charge in [-0.05, 0) is 43.6 Å². The molecular weight excluding hydrogens is 242 g/mol. The molecule has 3 nitrogen and oxygen atoms in total. The summed E-state index contributed by atoms with van der Waals surface area (Å²) < 4.78 is 3.09. The quantitative estimate of drug-likeness (QED) is 0.613. The number of aryl methyl sites for hydroxylation is 1. The molecule has 0 radical (unpaired) electrons. The Morgan fingerprint density at radius 1 is 1.28 bits per heavy atom. The minimum absolute atomic E-state index is 0.531. The van der Waals surface area contributed by atoms with E-state index >= 15 is 0 Å². The SMILES string of the molecule is Cc1ccnc2c1[nH]c(=S)n2C1CCCCCC1. The second-order valence-electron chi connectivity index (χ2n) is 5.27. The molecule has 18 heavy (non-hydrogen) atoms. The van der Waals surface area contributed by atoms with E-state index in [-0.39, 0.29) is 0 Å². The van der Waals surface area contributed by atoms with Crippen molar-refractivity contribution in [3.8, 4) is 0 Å². The molecule has 0 spiro atoms.